The number of rotatable bonds is 2. The van der Waals surface area contributed by atoms with Crippen molar-refractivity contribution in [2.24, 2.45) is 0 Å². The maximum atomic E-state index is 12.2. The van der Waals surface area contributed by atoms with Crippen LogP contribution >= 0.6 is 0 Å². The minimum Gasteiger partial charge on any atom is -0.298 e. The van der Waals surface area contributed by atoms with Crippen molar-refractivity contribution in [2.75, 3.05) is 0 Å². The molecule has 0 aromatic heterocycles. The molecule has 1 aromatic carbocycles. The van der Waals surface area contributed by atoms with Crippen molar-refractivity contribution in [3.8, 4) is 0 Å². The van der Waals surface area contributed by atoms with E-state index < -0.39 is 10.8 Å². The summed E-state index contributed by atoms with van der Waals surface area (Å²) in [5.41, 5.74) is 1.15. The summed E-state index contributed by atoms with van der Waals surface area (Å²) in [7, 11) is -1.16. The zero-order valence-electron chi connectivity index (χ0n) is 9.44. The van der Waals surface area contributed by atoms with E-state index in [4.69, 9.17) is 0 Å². The second kappa shape index (κ2) is 4.91. The van der Waals surface area contributed by atoms with Gasteiger partial charge in [0.15, 0.2) is 0 Å². The Bertz CT molecular complexity index is 408. The average Bonchev–Trinajstić information content (AvgIpc) is 2.30. The van der Waals surface area contributed by atoms with E-state index >= 15 is 0 Å². The van der Waals surface area contributed by atoms with Gasteiger partial charge in [-0.1, -0.05) is 24.1 Å². The number of benzene rings is 1. The number of hydrogen-bond acceptors (Lipinski definition) is 2. The summed E-state index contributed by atoms with van der Waals surface area (Å²) in [6.45, 7) is 2.00. The Labute approximate surface area is 98.5 Å². The van der Waals surface area contributed by atoms with Crippen LogP contribution in [-0.2, 0) is 15.6 Å². The first-order valence-corrected chi connectivity index (χ1v) is 6.90. The minimum atomic E-state index is -1.16. The van der Waals surface area contributed by atoms with Crippen LogP contribution in [0, 0.1) is 6.92 Å². The highest BCUT2D eigenvalue weighted by molar-refractivity contribution is 7.86. The molecule has 0 radical (unpaired) electrons. The van der Waals surface area contributed by atoms with Crippen LogP contribution in [0.25, 0.3) is 0 Å². The molecule has 1 saturated carbocycles. The largest absolute Gasteiger partial charge is 0.298 e. The van der Waals surface area contributed by atoms with Crippen molar-refractivity contribution in [3.05, 3.63) is 29.8 Å². The lowest BCUT2D eigenvalue weighted by molar-refractivity contribution is -0.119. The second-order valence-electron chi connectivity index (χ2n) is 4.31. The molecule has 0 aliphatic heterocycles. The Morgan fingerprint density at radius 2 is 1.88 bits per heavy atom. The lowest BCUT2D eigenvalue weighted by Crippen LogP contribution is -2.29. The van der Waals surface area contributed by atoms with Crippen LogP contribution in [-0.4, -0.2) is 15.2 Å². The van der Waals surface area contributed by atoms with Gasteiger partial charge in [-0.25, -0.2) is 0 Å². The van der Waals surface area contributed by atoms with E-state index in [0.717, 1.165) is 29.7 Å². The third-order valence-corrected chi connectivity index (χ3v) is 4.76. The van der Waals surface area contributed by atoms with Gasteiger partial charge < -0.3 is 0 Å². The third-order valence-electron chi connectivity index (χ3n) is 3.01. The van der Waals surface area contributed by atoms with E-state index in [1.807, 2.05) is 31.2 Å². The number of carbonyl (C=O) groups is 1. The van der Waals surface area contributed by atoms with E-state index in [9.17, 15) is 9.00 Å². The van der Waals surface area contributed by atoms with Gasteiger partial charge in [0.1, 0.15) is 5.78 Å². The van der Waals surface area contributed by atoms with Crippen molar-refractivity contribution < 1.29 is 9.00 Å². The molecule has 0 saturated heterocycles. The smallest absolute Gasteiger partial charge is 0.148 e. The van der Waals surface area contributed by atoms with Gasteiger partial charge in [-0.3, -0.25) is 9.00 Å². The molecule has 0 bridgehead atoms. The fourth-order valence-corrected chi connectivity index (χ4v) is 3.48. The standard InChI is InChI=1S/C13H16O2S/c1-10-6-8-11(9-7-10)16(15)13-5-3-2-4-12(13)14/h6-9,13H,2-5H2,1H3/t13?,16-/m0/s1. The lowest BCUT2D eigenvalue weighted by atomic mass is 9.99. The van der Waals surface area contributed by atoms with Crippen LogP contribution in [0.1, 0.15) is 31.2 Å². The zero-order chi connectivity index (χ0) is 11.5. The van der Waals surface area contributed by atoms with Crippen molar-refractivity contribution in [1.29, 1.82) is 0 Å². The molecule has 2 atom stereocenters. The van der Waals surface area contributed by atoms with E-state index in [2.05, 4.69) is 0 Å². The molecule has 1 aliphatic carbocycles. The molecular weight excluding hydrogens is 220 g/mol. The molecule has 1 aliphatic rings. The number of Topliss-reactive ketones (excluding diaryl/α,β-unsaturated/α-hetero) is 1. The normalized spacial score (nSPS) is 23.1. The topological polar surface area (TPSA) is 34.1 Å². The molecule has 0 amide bonds. The maximum absolute atomic E-state index is 12.2. The third kappa shape index (κ3) is 2.40. The SMILES string of the molecule is Cc1ccc([S@](=O)C2CCCCC2=O)cc1. The summed E-state index contributed by atoms with van der Waals surface area (Å²) in [6, 6.07) is 7.63. The van der Waals surface area contributed by atoms with E-state index in [1.54, 1.807) is 0 Å². The van der Waals surface area contributed by atoms with Gasteiger partial charge in [0.2, 0.25) is 0 Å². The average molecular weight is 236 g/mol. The van der Waals surface area contributed by atoms with Crippen LogP contribution in [0.15, 0.2) is 29.2 Å². The number of aryl methyl sites for hydroxylation is 1. The highest BCUT2D eigenvalue weighted by Gasteiger charge is 2.28. The molecule has 16 heavy (non-hydrogen) atoms. The van der Waals surface area contributed by atoms with Crippen LogP contribution in [0.4, 0.5) is 0 Å². The molecule has 2 rings (SSSR count). The van der Waals surface area contributed by atoms with Crippen LogP contribution in [0.2, 0.25) is 0 Å². The highest BCUT2D eigenvalue weighted by Crippen LogP contribution is 2.23. The van der Waals surface area contributed by atoms with Crippen LogP contribution in [0.3, 0.4) is 0 Å². The summed E-state index contributed by atoms with van der Waals surface area (Å²) >= 11 is 0. The van der Waals surface area contributed by atoms with Gasteiger partial charge in [0.05, 0.1) is 16.0 Å². The molecule has 86 valence electrons. The van der Waals surface area contributed by atoms with E-state index in [1.165, 1.54) is 0 Å². The molecule has 3 heteroatoms. The van der Waals surface area contributed by atoms with Gasteiger partial charge in [-0.15, -0.1) is 0 Å². The zero-order valence-corrected chi connectivity index (χ0v) is 10.3. The first-order chi connectivity index (χ1) is 7.68. The van der Waals surface area contributed by atoms with Gasteiger partial charge in [-0.05, 0) is 31.9 Å². The Morgan fingerprint density at radius 1 is 1.19 bits per heavy atom. The minimum absolute atomic E-state index is 0.171. The Balaban J connectivity index is 2.17. The molecular formula is C13H16O2S. The number of ketones is 1. The summed E-state index contributed by atoms with van der Waals surface area (Å²) < 4.78 is 12.2. The monoisotopic (exact) mass is 236 g/mol. The van der Waals surface area contributed by atoms with Crippen molar-refractivity contribution >= 4 is 16.6 Å². The van der Waals surface area contributed by atoms with E-state index in [-0.39, 0.29) is 11.0 Å². The van der Waals surface area contributed by atoms with Crippen molar-refractivity contribution in [3.63, 3.8) is 0 Å². The maximum Gasteiger partial charge on any atom is 0.148 e. The molecule has 1 aromatic rings. The molecule has 0 heterocycles. The van der Waals surface area contributed by atoms with Gasteiger partial charge in [-0.2, -0.15) is 0 Å². The Morgan fingerprint density at radius 3 is 2.50 bits per heavy atom. The molecule has 1 fully saturated rings. The lowest BCUT2D eigenvalue weighted by Gasteiger charge is -2.19. The highest BCUT2D eigenvalue weighted by atomic mass is 32.2. The fourth-order valence-electron chi connectivity index (χ4n) is 2.01. The van der Waals surface area contributed by atoms with Gasteiger partial charge >= 0.3 is 0 Å². The predicted octanol–water partition coefficient (Wildman–Crippen LogP) is 2.61. The summed E-state index contributed by atoms with van der Waals surface area (Å²) in [6.07, 6.45) is 3.36. The summed E-state index contributed by atoms with van der Waals surface area (Å²) in [4.78, 5) is 12.5. The summed E-state index contributed by atoms with van der Waals surface area (Å²) in [5.74, 6) is 0.171. The van der Waals surface area contributed by atoms with Crippen LogP contribution < -0.4 is 0 Å². The molecule has 0 N–H and O–H groups in total. The fraction of sp³-hybridized carbons (Fsp3) is 0.462. The van der Waals surface area contributed by atoms with Crippen LogP contribution in [0.5, 0.6) is 0 Å². The van der Waals surface area contributed by atoms with Gasteiger partial charge in [0, 0.05) is 11.3 Å². The second-order valence-corrected chi connectivity index (χ2v) is 5.95. The summed E-state index contributed by atoms with van der Waals surface area (Å²) in [5, 5.41) is -0.267. The molecule has 1 unspecified atom stereocenters. The van der Waals surface area contributed by atoms with Crippen molar-refractivity contribution in [2.45, 2.75) is 42.8 Å². The molecule has 0 spiro atoms. The first-order valence-electron chi connectivity index (χ1n) is 5.68. The number of hydrogen-bond donors (Lipinski definition) is 0. The van der Waals surface area contributed by atoms with Crippen molar-refractivity contribution in [1.82, 2.24) is 0 Å². The van der Waals surface area contributed by atoms with Gasteiger partial charge in [0.25, 0.3) is 0 Å². The van der Waals surface area contributed by atoms with E-state index in [0.29, 0.717) is 6.42 Å². The molecule has 2 nitrogen and oxygen atoms in total. The first kappa shape index (κ1) is 11.5. The Hall–Kier alpha value is -0.960. The Kier molecular flexibility index (Phi) is 3.54. The number of carbonyl (C=O) groups excluding carboxylic acids is 1. The quantitative estimate of drug-likeness (QED) is 0.791. The predicted molar refractivity (Wildman–Crippen MR) is 64.9 cm³/mol.